The third kappa shape index (κ3) is 6.85. The van der Waals surface area contributed by atoms with E-state index < -0.39 is 0 Å². The highest BCUT2D eigenvalue weighted by Crippen LogP contribution is 2.11. The minimum atomic E-state index is 0.621. The predicted octanol–water partition coefficient (Wildman–Crippen LogP) is 4.90. The predicted molar refractivity (Wildman–Crippen MR) is 79.2 cm³/mol. The standard InChI is InChI=1S/C15H24BrN/c1-3-4-5-6-7-13(2)17-12-14-8-10-15(16)11-9-14/h8-11,13,17H,3-7,12H2,1-2H3/t13-/m1/s1. The van der Waals surface area contributed by atoms with Crippen molar-refractivity contribution in [3.05, 3.63) is 34.3 Å². The smallest absolute Gasteiger partial charge is 0.0207 e. The zero-order valence-electron chi connectivity index (χ0n) is 11.0. The molecule has 0 amide bonds. The zero-order chi connectivity index (χ0) is 12.5. The van der Waals surface area contributed by atoms with Crippen molar-refractivity contribution < 1.29 is 0 Å². The highest BCUT2D eigenvalue weighted by molar-refractivity contribution is 9.10. The molecule has 0 unspecified atom stereocenters. The van der Waals surface area contributed by atoms with E-state index in [9.17, 15) is 0 Å². The maximum Gasteiger partial charge on any atom is 0.0207 e. The fourth-order valence-electron chi connectivity index (χ4n) is 1.87. The molecule has 0 aliphatic carbocycles. The minimum absolute atomic E-state index is 0.621. The summed E-state index contributed by atoms with van der Waals surface area (Å²) in [6.45, 7) is 5.52. The Hall–Kier alpha value is -0.340. The van der Waals surface area contributed by atoms with Gasteiger partial charge in [0.2, 0.25) is 0 Å². The van der Waals surface area contributed by atoms with Crippen molar-refractivity contribution in [1.29, 1.82) is 0 Å². The molecular weight excluding hydrogens is 274 g/mol. The number of halogens is 1. The lowest BCUT2D eigenvalue weighted by atomic mass is 10.1. The summed E-state index contributed by atoms with van der Waals surface area (Å²) in [6.07, 6.45) is 6.71. The Balaban J connectivity index is 2.14. The van der Waals surface area contributed by atoms with Gasteiger partial charge in [0.15, 0.2) is 0 Å². The van der Waals surface area contributed by atoms with Crippen molar-refractivity contribution in [2.75, 3.05) is 0 Å². The molecule has 1 aromatic rings. The van der Waals surface area contributed by atoms with E-state index in [0.717, 1.165) is 11.0 Å². The summed E-state index contributed by atoms with van der Waals surface area (Å²) in [4.78, 5) is 0. The van der Waals surface area contributed by atoms with E-state index in [-0.39, 0.29) is 0 Å². The van der Waals surface area contributed by atoms with E-state index in [0.29, 0.717) is 6.04 Å². The highest BCUT2D eigenvalue weighted by Gasteiger charge is 2.01. The maximum absolute atomic E-state index is 3.58. The van der Waals surface area contributed by atoms with Crippen LogP contribution in [0.15, 0.2) is 28.7 Å². The van der Waals surface area contributed by atoms with Crippen molar-refractivity contribution in [2.45, 2.75) is 58.5 Å². The molecule has 0 bridgehead atoms. The number of hydrogen-bond donors (Lipinski definition) is 1. The van der Waals surface area contributed by atoms with Gasteiger partial charge < -0.3 is 5.32 Å². The molecule has 0 saturated heterocycles. The molecule has 1 atom stereocenters. The van der Waals surface area contributed by atoms with E-state index >= 15 is 0 Å². The molecule has 1 nitrogen and oxygen atoms in total. The Morgan fingerprint density at radius 1 is 1.12 bits per heavy atom. The molecule has 0 aromatic heterocycles. The lowest BCUT2D eigenvalue weighted by Gasteiger charge is -2.13. The number of rotatable bonds is 8. The number of nitrogens with one attached hydrogen (secondary N) is 1. The van der Waals surface area contributed by atoms with E-state index in [4.69, 9.17) is 0 Å². The van der Waals surface area contributed by atoms with Gasteiger partial charge in [0.25, 0.3) is 0 Å². The number of benzene rings is 1. The number of hydrogen-bond acceptors (Lipinski definition) is 1. The van der Waals surface area contributed by atoms with Gasteiger partial charge in [0, 0.05) is 17.1 Å². The van der Waals surface area contributed by atoms with Crippen LogP contribution >= 0.6 is 15.9 Å². The van der Waals surface area contributed by atoms with Crippen molar-refractivity contribution in [1.82, 2.24) is 5.32 Å². The lowest BCUT2D eigenvalue weighted by Crippen LogP contribution is -2.25. The molecule has 1 aromatic carbocycles. The van der Waals surface area contributed by atoms with Crippen molar-refractivity contribution in [2.24, 2.45) is 0 Å². The quantitative estimate of drug-likeness (QED) is 0.673. The minimum Gasteiger partial charge on any atom is -0.310 e. The molecule has 0 aliphatic heterocycles. The van der Waals surface area contributed by atoms with Crippen LogP contribution in [0, 0.1) is 0 Å². The molecule has 1 N–H and O–H groups in total. The lowest BCUT2D eigenvalue weighted by molar-refractivity contribution is 0.482. The third-order valence-corrected chi connectivity index (χ3v) is 3.59. The van der Waals surface area contributed by atoms with Crippen LogP contribution in [0.3, 0.4) is 0 Å². The molecule has 0 radical (unpaired) electrons. The maximum atomic E-state index is 3.58. The summed E-state index contributed by atoms with van der Waals surface area (Å²) in [7, 11) is 0. The van der Waals surface area contributed by atoms with Crippen LogP contribution in [0.2, 0.25) is 0 Å². The fraction of sp³-hybridized carbons (Fsp3) is 0.600. The van der Waals surface area contributed by atoms with Gasteiger partial charge in [-0.1, -0.05) is 60.7 Å². The van der Waals surface area contributed by atoms with Gasteiger partial charge in [-0.25, -0.2) is 0 Å². The van der Waals surface area contributed by atoms with Crippen LogP contribution in [-0.2, 0) is 6.54 Å². The second-order valence-electron chi connectivity index (χ2n) is 4.76. The summed E-state index contributed by atoms with van der Waals surface area (Å²) < 4.78 is 1.15. The molecule has 0 aliphatic rings. The van der Waals surface area contributed by atoms with Gasteiger partial charge in [-0.3, -0.25) is 0 Å². The molecule has 1 rings (SSSR count). The Kier molecular flexibility index (Phi) is 7.54. The van der Waals surface area contributed by atoms with Crippen LogP contribution in [0.1, 0.15) is 51.5 Å². The van der Waals surface area contributed by atoms with Crippen LogP contribution < -0.4 is 5.32 Å². The molecule has 0 heterocycles. The Labute approximate surface area is 114 Å². The van der Waals surface area contributed by atoms with Crippen molar-refractivity contribution in [3.8, 4) is 0 Å². The zero-order valence-corrected chi connectivity index (χ0v) is 12.6. The van der Waals surface area contributed by atoms with E-state index in [2.05, 4.69) is 59.4 Å². The van der Waals surface area contributed by atoms with Crippen LogP contribution in [0.4, 0.5) is 0 Å². The summed E-state index contributed by atoms with van der Waals surface area (Å²) in [5, 5.41) is 3.58. The van der Waals surface area contributed by atoms with Crippen LogP contribution in [-0.4, -0.2) is 6.04 Å². The third-order valence-electron chi connectivity index (χ3n) is 3.06. The van der Waals surface area contributed by atoms with Gasteiger partial charge in [0.05, 0.1) is 0 Å². The van der Waals surface area contributed by atoms with Gasteiger partial charge in [-0.05, 0) is 31.0 Å². The first kappa shape index (κ1) is 14.7. The first-order valence-corrected chi connectivity index (χ1v) is 7.49. The first-order chi connectivity index (χ1) is 8.22. The normalized spacial score (nSPS) is 12.6. The Morgan fingerprint density at radius 3 is 2.47 bits per heavy atom. The van der Waals surface area contributed by atoms with E-state index in [1.54, 1.807) is 0 Å². The highest BCUT2D eigenvalue weighted by atomic mass is 79.9. The van der Waals surface area contributed by atoms with Gasteiger partial charge in [0.1, 0.15) is 0 Å². The van der Waals surface area contributed by atoms with Crippen LogP contribution in [0.5, 0.6) is 0 Å². The summed E-state index contributed by atoms with van der Waals surface area (Å²) >= 11 is 3.45. The molecular formula is C15H24BrN. The molecule has 17 heavy (non-hydrogen) atoms. The summed E-state index contributed by atoms with van der Waals surface area (Å²) in [6, 6.07) is 9.16. The van der Waals surface area contributed by atoms with Crippen molar-refractivity contribution in [3.63, 3.8) is 0 Å². The molecule has 0 spiro atoms. The average molecular weight is 298 g/mol. The van der Waals surface area contributed by atoms with E-state index in [1.165, 1.54) is 37.7 Å². The summed E-state index contributed by atoms with van der Waals surface area (Å²) in [5.41, 5.74) is 1.36. The largest absolute Gasteiger partial charge is 0.310 e. The molecule has 96 valence electrons. The van der Waals surface area contributed by atoms with Gasteiger partial charge in [-0.15, -0.1) is 0 Å². The van der Waals surface area contributed by atoms with Crippen LogP contribution in [0.25, 0.3) is 0 Å². The van der Waals surface area contributed by atoms with Gasteiger partial charge >= 0.3 is 0 Å². The molecule has 0 fully saturated rings. The second kappa shape index (κ2) is 8.71. The van der Waals surface area contributed by atoms with Crippen molar-refractivity contribution >= 4 is 15.9 Å². The summed E-state index contributed by atoms with van der Waals surface area (Å²) in [5.74, 6) is 0. The first-order valence-electron chi connectivity index (χ1n) is 6.70. The SMILES string of the molecule is CCCCCC[C@@H](C)NCc1ccc(Br)cc1. The number of unbranched alkanes of at least 4 members (excludes halogenated alkanes) is 3. The van der Waals surface area contributed by atoms with E-state index in [1.807, 2.05) is 0 Å². The second-order valence-corrected chi connectivity index (χ2v) is 5.67. The topological polar surface area (TPSA) is 12.0 Å². The Morgan fingerprint density at radius 2 is 1.82 bits per heavy atom. The molecule has 2 heteroatoms. The average Bonchev–Trinajstić information content (AvgIpc) is 2.34. The molecule has 0 saturated carbocycles. The fourth-order valence-corrected chi connectivity index (χ4v) is 2.14. The Bertz CT molecular complexity index is 294. The monoisotopic (exact) mass is 297 g/mol. The van der Waals surface area contributed by atoms with Gasteiger partial charge in [-0.2, -0.15) is 0 Å².